The third-order valence-electron chi connectivity index (χ3n) is 12.7. The third-order valence-corrected chi connectivity index (χ3v) is 15.6. The maximum absolute atomic E-state index is 10.7. The second kappa shape index (κ2) is 16.7. The molecule has 4 aliphatic carbocycles. The summed E-state index contributed by atoms with van der Waals surface area (Å²) in [4.78, 5) is 4.11. The quantitative estimate of drug-likeness (QED) is 0.170. The number of fused-ring (bicyclic) bond motifs is 2. The normalized spacial score (nSPS) is 21.0. The van der Waals surface area contributed by atoms with Gasteiger partial charge in [0.2, 0.25) is 0 Å². The molecular weight excluding hydrogens is 753 g/mol. The molecular formula is C51H59MoN2O-. The Kier molecular flexibility index (Phi) is 11.9. The molecule has 1 N–H and O–H groups in total. The van der Waals surface area contributed by atoms with E-state index >= 15 is 0 Å². The average molecular weight is 812 g/mol. The molecule has 4 heteroatoms. The number of rotatable bonds is 6. The summed E-state index contributed by atoms with van der Waals surface area (Å²) in [5.74, 6) is 3.50. The van der Waals surface area contributed by atoms with Gasteiger partial charge in [0.1, 0.15) is 5.75 Å². The Labute approximate surface area is 337 Å². The largest absolute Gasteiger partial charge is 0.665 e. The van der Waals surface area contributed by atoms with Crippen molar-refractivity contribution in [2.45, 2.75) is 111 Å². The van der Waals surface area contributed by atoms with E-state index in [1.165, 1.54) is 76.9 Å². The van der Waals surface area contributed by atoms with Gasteiger partial charge in [-0.05, 0) is 83.5 Å². The van der Waals surface area contributed by atoms with Gasteiger partial charge >= 0.3 is 143 Å². The monoisotopic (exact) mass is 813 g/mol. The van der Waals surface area contributed by atoms with Crippen LogP contribution in [0.1, 0.15) is 97.1 Å². The molecule has 4 fully saturated rings. The molecule has 0 aliphatic heterocycles. The van der Waals surface area contributed by atoms with Gasteiger partial charge < -0.3 is 10.1 Å². The summed E-state index contributed by atoms with van der Waals surface area (Å²) in [6.45, 7) is 15.1. The molecule has 286 valence electrons. The van der Waals surface area contributed by atoms with Crippen molar-refractivity contribution in [1.82, 2.24) is 4.98 Å². The van der Waals surface area contributed by atoms with Crippen molar-refractivity contribution < 1.29 is 23.0 Å². The van der Waals surface area contributed by atoms with Crippen LogP contribution in [0.3, 0.4) is 0 Å². The van der Waals surface area contributed by atoms with Crippen LogP contribution in [-0.2, 0) is 36.2 Å². The van der Waals surface area contributed by atoms with Gasteiger partial charge in [-0.1, -0.05) is 80.6 Å². The van der Waals surface area contributed by atoms with E-state index in [2.05, 4.69) is 122 Å². The first-order valence-corrected chi connectivity index (χ1v) is 22.5. The number of aromatic nitrogens is 1. The third kappa shape index (κ3) is 9.04. The average Bonchev–Trinajstić information content (AvgIpc) is 3.55. The maximum Gasteiger partial charge on any atom is 0.122 e. The van der Waals surface area contributed by atoms with Crippen LogP contribution in [0.4, 0.5) is 0 Å². The SMILES string of the molecule is CC(C)([CH]=[Mo]=[N]C12CC3CC(CC(C3)C1)C2)c1ccccc1.Cc1cc2ccccc2c(CCc2c(O)c(C)cc3ccccc23)c1C.Cc1ccc(C)[n-]1. The Morgan fingerprint density at radius 3 is 1.71 bits per heavy atom. The minimum absolute atomic E-state index is 0.176. The fourth-order valence-electron chi connectivity index (χ4n) is 10.0. The van der Waals surface area contributed by atoms with Crippen LogP contribution in [-0.4, -0.2) is 15.0 Å². The Morgan fingerprint density at radius 1 is 0.673 bits per heavy atom. The van der Waals surface area contributed by atoms with E-state index < -0.39 is 0 Å². The topological polar surface area (TPSA) is 46.7 Å². The van der Waals surface area contributed by atoms with E-state index in [-0.39, 0.29) is 23.3 Å². The zero-order valence-electron chi connectivity index (χ0n) is 34.0. The molecule has 6 aromatic rings. The molecule has 4 aliphatic rings. The van der Waals surface area contributed by atoms with Crippen LogP contribution in [0.25, 0.3) is 21.5 Å². The molecule has 10 rings (SSSR count). The molecule has 0 saturated heterocycles. The summed E-state index contributed by atoms with van der Waals surface area (Å²) in [5.41, 5.74) is 10.3. The van der Waals surface area contributed by atoms with Gasteiger partial charge in [-0.2, -0.15) is 11.4 Å². The molecule has 1 heterocycles. The number of phenols is 1. The Bertz CT molecular complexity index is 2200. The van der Waals surface area contributed by atoms with E-state index in [1.54, 1.807) is 0 Å². The zero-order chi connectivity index (χ0) is 38.7. The van der Waals surface area contributed by atoms with Crippen molar-refractivity contribution in [2.75, 3.05) is 0 Å². The van der Waals surface area contributed by atoms with Crippen LogP contribution < -0.4 is 4.98 Å². The van der Waals surface area contributed by atoms with Gasteiger partial charge in [0.05, 0.1) is 0 Å². The second-order valence-corrected chi connectivity index (χ2v) is 19.1. The van der Waals surface area contributed by atoms with Gasteiger partial charge in [-0.25, -0.2) is 0 Å². The van der Waals surface area contributed by atoms with E-state index in [0.717, 1.165) is 58.5 Å². The van der Waals surface area contributed by atoms with E-state index in [9.17, 15) is 5.11 Å². The van der Waals surface area contributed by atoms with E-state index in [0.29, 0.717) is 11.3 Å². The predicted molar refractivity (Wildman–Crippen MR) is 229 cm³/mol. The standard InChI is InChI=1S/C25H24O.C10H15N.C10H12.C6H8N.Mo/c1-16-14-19-8-4-6-10-22(19)21(18(16)3)12-13-24-23-11-7-5-9-20(23)15-17(2)25(24)26;11-10-4-7-1-8(5-10)3-9(2-7)6-10;1-10(2,3)9-7-5-4-6-8-9;1-5-3-4-6(2)7-5;/h4-11,14-15,26H,12-13H2,1-3H3;7-9H,1-6H2;1,4-8H,2-3H3;3-4H,1-2H3;/q;;;-1;. The first-order valence-electron chi connectivity index (χ1n) is 20.4. The Morgan fingerprint density at radius 2 is 1.16 bits per heavy atom. The fourth-order valence-corrected chi connectivity index (χ4v) is 12.3. The molecule has 0 amide bonds. The number of aromatic hydroxyl groups is 1. The first kappa shape index (κ1) is 39.3. The van der Waals surface area contributed by atoms with Gasteiger partial charge in [-0.3, -0.25) is 0 Å². The molecule has 5 aromatic carbocycles. The van der Waals surface area contributed by atoms with E-state index in [1.807, 2.05) is 39.0 Å². The number of nitrogens with zero attached hydrogens (tertiary/aromatic N) is 2. The number of hydrogen-bond donors (Lipinski definition) is 1. The molecule has 0 spiro atoms. The number of benzene rings is 5. The summed E-state index contributed by atoms with van der Waals surface area (Å²) in [6, 6.07) is 36.2. The van der Waals surface area contributed by atoms with Crippen molar-refractivity contribution >= 4 is 25.9 Å². The molecule has 3 nitrogen and oxygen atoms in total. The Balaban J connectivity index is 0.000000145. The van der Waals surface area contributed by atoms with Gasteiger partial charge in [0, 0.05) is 5.56 Å². The summed E-state index contributed by atoms with van der Waals surface area (Å²) < 4.78 is 7.96. The Hall–Kier alpha value is -3.94. The van der Waals surface area contributed by atoms with Crippen LogP contribution in [0.5, 0.6) is 5.75 Å². The zero-order valence-corrected chi connectivity index (χ0v) is 36.0. The number of hydrogen-bond acceptors (Lipinski definition) is 2. The van der Waals surface area contributed by atoms with Gasteiger partial charge in [-0.15, -0.1) is 0 Å². The molecule has 0 radical (unpaired) electrons. The van der Waals surface area contributed by atoms with Gasteiger partial charge in [0.25, 0.3) is 0 Å². The molecule has 4 bridgehead atoms. The minimum atomic E-state index is -0.353. The molecule has 55 heavy (non-hydrogen) atoms. The predicted octanol–water partition coefficient (Wildman–Crippen LogP) is 12.7. The maximum atomic E-state index is 10.7. The van der Waals surface area contributed by atoms with Crippen molar-refractivity contribution in [3.8, 4) is 5.75 Å². The van der Waals surface area contributed by atoms with Crippen molar-refractivity contribution in [3.05, 3.63) is 148 Å². The first-order chi connectivity index (χ1) is 26.4. The van der Waals surface area contributed by atoms with Crippen molar-refractivity contribution in [2.24, 2.45) is 21.2 Å². The van der Waals surface area contributed by atoms with Crippen molar-refractivity contribution in [3.63, 3.8) is 0 Å². The van der Waals surface area contributed by atoms with Crippen LogP contribution in [0.2, 0.25) is 0 Å². The smallest absolute Gasteiger partial charge is 0.122 e. The van der Waals surface area contributed by atoms with Crippen molar-refractivity contribution in [1.29, 1.82) is 0 Å². The van der Waals surface area contributed by atoms with Crippen LogP contribution >= 0.6 is 0 Å². The molecule has 0 atom stereocenters. The summed E-state index contributed by atoms with van der Waals surface area (Å²) in [5, 5.41) is 15.7. The van der Waals surface area contributed by atoms with E-state index in [4.69, 9.17) is 3.50 Å². The van der Waals surface area contributed by atoms with Crippen LogP contribution in [0, 0.1) is 52.4 Å². The molecule has 1 aromatic heterocycles. The number of phenolic OH excluding ortho intramolecular Hbond substituents is 1. The molecule has 4 saturated carbocycles. The minimum Gasteiger partial charge on any atom is -0.665 e. The summed E-state index contributed by atoms with van der Waals surface area (Å²) >= 11 is -0.353. The van der Waals surface area contributed by atoms with Crippen LogP contribution in [0.15, 0.2) is 107 Å². The summed E-state index contributed by atoms with van der Waals surface area (Å²) in [7, 11) is 0. The number of aryl methyl sites for hydroxylation is 6. The summed E-state index contributed by atoms with van der Waals surface area (Å²) in [6.07, 6.45) is 10.6. The second-order valence-electron chi connectivity index (χ2n) is 17.5. The molecule has 0 unspecified atom stereocenters. The fraction of sp³-hybridized carbons (Fsp3) is 0.392. The van der Waals surface area contributed by atoms with Gasteiger partial charge in [0.15, 0.2) is 0 Å².